The summed E-state index contributed by atoms with van der Waals surface area (Å²) < 4.78 is 0. The second-order valence-electron chi connectivity index (χ2n) is 15.8. The Morgan fingerprint density at radius 3 is 0.984 bits per heavy atom. The molecule has 1 aromatic heterocycles. The maximum absolute atomic E-state index is 5.40. The van der Waals surface area contributed by atoms with E-state index in [1.54, 1.807) is 0 Å². The average Bonchev–Trinajstić information content (AvgIpc) is 3.37. The fraction of sp³-hybridized carbons (Fsp3) is 0. The molecule has 1 heterocycles. The molecular formula is C60H40N2. The highest BCUT2D eigenvalue weighted by atomic mass is 14.9. The van der Waals surface area contributed by atoms with Crippen LogP contribution in [0.4, 0.5) is 0 Å². The third-order valence-corrected chi connectivity index (χ3v) is 11.9. The molecule has 0 aliphatic heterocycles. The molecule has 0 amide bonds. The molecule has 0 atom stereocenters. The van der Waals surface area contributed by atoms with Gasteiger partial charge in [-0.05, 0) is 120 Å². The number of hydrogen-bond acceptors (Lipinski definition) is 2. The van der Waals surface area contributed by atoms with E-state index in [4.69, 9.17) is 9.97 Å². The lowest BCUT2D eigenvalue weighted by atomic mass is 9.92. The molecule has 0 radical (unpaired) electrons. The Bertz CT molecular complexity index is 3230. The van der Waals surface area contributed by atoms with Crippen LogP contribution in [0.1, 0.15) is 0 Å². The van der Waals surface area contributed by atoms with Gasteiger partial charge in [0.1, 0.15) is 0 Å². The van der Waals surface area contributed by atoms with Gasteiger partial charge in [-0.15, -0.1) is 0 Å². The van der Waals surface area contributed by atoms with Crippen LogP contribution in [0.2, 0.25) is 0 Å². The van der Waals surface area contributed by atoms with Crippen LogP contribution in [-0.2, 0) is 0 Å². The van der Waals surface area contributed by atoms with Crippen molar-refractivity contribution >= 4 is 21.7 Å². The first-order valence-corrected chi connectivity index (χ1v) is 21.1. The minimum Gasteiger partial charge on any atom is -0.228 e. The van der Waals surface area contributed by atoms with Crippen molar-refractivity contribution in [2.45, 2.75) is 0 Å². The summed E-state index contributed by atoms with van der Waals surface area (Å²) in [6.07, 6.45) is 0. The van der Waals surface area contributed by atoms with E-state index in [9.17, 15) is 0 Å². The quantitative estimate of drug-likeness (QED) is 0.143. The van der Waals surface area contributed by atoms with Crippen molar-refractivity contribution < 1.29 is 0 Å². The van der Waals surface area contributed by atoms with Gasteiger partial charge in [0.25, 0.3) is 0 Å². The Morgan fingerprint density at radius 1 is 0.226 bits per heavy atom. The molecule has 0 bridgehead atoms. The van der Waals surface area contributed by atoms with Crippen LogP contribution in [-0.4, -0.2) is 9.97 Å². The van der Waals surface area contributed by atoms with Crippen LogP contribution < -0.4 is 0 Å². The molecule has 0 N–H and O–H groups in total. The lowest BCUT2D eigenvalue weighted by molar-refractivity contribution is 1.23. The minimum atomic E-state index is 0.699. The van der Waals surface area contributed by atoms with Gasteiger partial charge in [-0.25, -0.2) is 9.97 Å². The van der Waals surface area contributed by atoms with Gasteiger partial charge >= 0.3 is 0 Å². The fourth-order valence-electron chi connectivity index (χ4n) is 8.65. The van der Waals surface area contributed by atoms with Gasteiger partial charge in [0.2, 0.25) is 0 Å². The van der Waals surface area contributed by atoms with Crippen molar-refractivity contribution in [2.75, 3.05) is 0 Å². The standard InChI is InChI=1S/C60H40N2/c1-5-15-41(16-6-1)50-35-51(42-17-7-2-8-18-42)38-54(37-50)45-25-29-48(30-26-45)59-58-56-24-14-13-23-47(56)33-34-57(58)61-60(62-59)49-31-27-46(28-32-49)55-39-52(43-19-9-3-10-20-43)36-53(40-55)44-21-11-4-12-22-44/h1-40H. The minimum absolute atomic E-state index is 0.699. The van der Waals surface area contributed by atoms with Crippen LogP contribution in [0.5, 0.6) is 0 Å². The number of fused-ring (bicyclic) bond motifs is 3. The number of aromatic nitrogens is 2. The Hall–Kier alpha value is -8.20. The summed E-state index contributed by atoms with van der Waals surface area (Å²) in [5.74, 6) is 0.699. The van der Waals surface area contributed by atoms with Crippen molar-refractivity contribution in [3.8, 4) is 89.4 Å². The van der Waals surface area contributed by atoms with Gasteiger partial charge in [0.15, 0.2) is 5.82 Å². The average molecular weight is 789 g/mol. The van der Waals surface area contributed by atoms with Gasteiger partial charge < -0.3 is 0 Å². The second kappa shape index (κ2) is 16.1. The molecule has 0 aliphatic carbocycles. The van der Waals surface area contributed by atoms with Crippen molar-refractivity contribution in [2.24, 2.45) is 0 Å². The first kappa shape index (κ1) is 36.8. The van der Waals surface area contributed by atoms with E-state index in [-0.39, 0.29) is 0 Å². The van der Waals surface area contributed by atoms with Crippen LogP contribution >= 0.6 is 0 Å². The van der Waals surface area contributed by atoms with Gasteiger partial charge in [0, 0.05) is 16.5 Å². The second-order valence-corrected chi connectivity index (χ2v) is 15.8. The van der Waals surface area contributed by atoms with E-state index in [2.05, 4.69) is 243 Å². The predicted molar refractivity (Wildman–Crippen MR) is 261 cm³/mol. The monoisotopic (exact) mass is 788 g/mol. The molecule has 0 aliphatic rings. The molecule has 0 saturated carbocycles. The Labute approximate surface area is 362 Å². The summed E-state index contributed by atoms with van der Waals surface area (Å²) in [7, 11) is 0. The largest absolute Gasteiger partial charge is 0.228 e. The highest BCUT2D eigenvalue weighted by Gasteiger charge is 2.16. The summed E-state index contributed by atoms with van der Waals surface area (Å²) in [6, 6.07) is 86.7. The Balaban J connectivity index is 1.000. The number of benzene rings is 10. The highest BCUT2D eigenvalue weighted by molar-refractivity contribution is 6.12. The summed E-state index contributed by atoms with van der Waals surface area (Å²) in [5, 5.41) is 3.36. The van der Waals surface area contributed by atoms with E-state index in [1.165, 1.54) is 50.1 Å². The maximum atomic E-state index is 5.40. The summed E-state index contributed by atoms with van der Waals surface area (Å²) >= 11 is 0. The molecule has 0 spiro atoms. The lowest BCUT2D eigenvalue weighted by Gasteiger charge is -2.14. The topological polar surface area (TPSA) is 25.8 Å². The van der Waals surface area contributed by atoms with Gasteiger partial charge in [0.05, 0.1) is 11.2 Å². The number of hydrogen-bond donors (Lipinski definition) is 0. The Kier molecular flexibility index (Phi) is 9.57. The zero-order valence-corrected chi connectivity index (χ0v) is 34.0. The highest BCUT2D eigenvalue weighted by Crippen LogP contribution is 2.38. The molecule has 0 unspecified atom stereocenters. The van der Waals surface area contributed by atoms with Gasteiger partial charge in [-0.3, -0.25) is 0 Å². The summed E-state index contributed by atoms with van der Waals surface area (Å²) in [5.41, 5.74) is 18.0. The van der Waals surface area contributed by atoms with Crippen LogP contribution in [0.25, 0.3) is 111 Å². The number of rotatable bonds is 8. The molecule has 290 valence electrons. The molecule has 0 fully saturated rings. The SMILES string of the molecule is c1ccc(-c2cc(-c3ccccc3)cc(-c3ccc(-c4nc(-c5ccc(-c6cc(-c7ccccc7)cc(-c7ccccc7)c6)cc5)c5c(ccc6ccccc65)n4)cc3)c2)cc1. The van der Waals surface area contributed by atoms with Crippen LogP contribution in [0, 0.1) is 0 Å². The maximum Gasteiger partial charge on any atom is 0.160 e. The molecule has 62 heavy (non-hydrogen) atoms. The van der Waals surface area contributed by atoms with E-state index >= 15 is 0 Å². The summed E-state index contributed by atoms with van der Waals surface area (Å²) in [6.45, 7) is 0. The Morgan fingerprint density at radius 2 is 0.565 bits per heavy atom. The van der Waals surface area contributed by atoms with Gasteiger partial charge in [-0.2, -0.15) is 0 Å². The molecule has 11 aromatic rings. The lowest BCUT2D eigenvalue weighted by Crippen LogP contribution is -1.96. The summed E-state index contributed by atoms with van der Waals surface area (Å²) in [4.78, 5) is 10.6. The third-order valence-electron chi connectivity index (χ3n) is 11.9. The first-order valence-electron chi connectivity index (χ1n) is 21.1. The fourth-order valence-corrected chi connectivity index (χ4v) is 8.65. The van der Waals surface area contributed by atoms with Crippen molar-refractivity contribution in [3.63, 3.8) is 0 Å². The van der Waals surface area contributed by atoms with Crippen molar-refractivity contribution in [1.82, 2.24) is 9.97 Å². The normalized spacial score (nSPS) is 11.2. The van der Waals surface area contributed by atoms with E-state index in [0.29, 0.717) is 5.82 Å². The molecule has 2 heteroatoms. The van der Waals surface area contributed by atoms with E-state index < -0.39 is 0 Å². The van der Waals surface area contributed by atoms with Crippen molar-refractivity contribution in [1.29, 1.82) is 0 Å². The molecule has 2 nitrogen and oxygen atoms in total. The van der Waals surface area contributed by atoms with Gasteiger partial charge in [-0.1, -0.05) is 200 Å². The predicted octanol–water partition coefficient (Wildman–Crippen LogP) is 16.1. The molecule has 0 saturated heterocycles. The van der Waals surface area contributed by atoms with E-state index in [0.717, 1.165) is 55.2 Å². The molecular weight excluding hydrogens is 749 g/mol. The first-order chi connectivity index (χ1) is 30.7. The van der Waals surface area contributed by atoms with Crippen LogP contribution in [0.15, 0.2) is 243 Å². The van der Waals surface area contributed by atoms with Crippen molar-refractivity contribution in [3.05, 3.63) is 243 Å². The molecule has 10 aromatic carbocycles. The smallest absolute Gasteiger partial charge is 0.160 e. The third kappa shape index (κ3) is 7.25. The van der Waals surface area contributed by atoms with Crippen LogP contribution in [0.3, 0.4) is 0 Å². The van der Waals surface area contributed by atoms with E-state index in [1.807, 2.05) is 0 Å². The zero-order valence-electron chi connectivity index (χ0n) is 34.0. The molecule has 11 rings (SSSR count). The number of nitrogens with zero attached hydrogens (tertiary/aromatic N) is 2. The zero-order chi connectivity index (χ0) is 41.2.